The van der Waals surface area contributed by atoms with Gasteiger partial charge >= 0.3 is 0 Å². The van der Waals surface area contributed by atoms with Gasteiger partial charge in [0.05, 0.1) is 27.3 Å². The molecule has 0 amide bonds. The van der Waals surface area contributed by atoms with Crippen molar-refractivity contribution < 1.29 is 9.47 Å². The number of hydrogen-bond acceptors (Lipinski definition) is 8. The lowest BCUT2D eigenvalue weighted by Gasteiger charge is -2.31. The number of piperidine rings is 1. The third kappa shape index (κ3) is 6.05. The molecule has 43 heavy (non-hydrogen) atoms. The quantitative estimate of drug-likeness (QED) is 0.253. The summed E-state index contributed by atoms with van der Waals surface area (Å²) in [7, 11) is 3.23. The van der Waals surface area contributed by atoms with E-state index in [0.717, 1.165) is 36.1 Å². The van der Waals surface area contributed by atoms with E-state index in [0.29, 0.717) is 54.2 Å². The Labute approximate surface area is 250 Å². The smallest absolute Gasteiger partial charge is 0.281 e. The molecule has 3 N–H and O–H groups in total. The summed E-state index contributed by atoms with van der Waals surface area (Å²) in [5, 5.41) is 3.41. The highest BCUT2D eigenvalue weighted by molar-refractivity contribution is 5.76. The molecule has 10 nitrogen and oxygen atoms in total. The fourth-order valence-electron chi connectivity index (χ4n) is 5.66. The van der Waals surface area contributed by atoms with Crippen molar-refractivity contribution in [3.8, 4) is 11.5 Å². The normalized spacial score (nSPS) is 15.0. The van der Waals surface area contributed by atoms with Crippen molar-refractivity contribution in [2.45, 2.75) is 38.5 Å². The SMILES string of the molecule is COc1ccc(Cn2c(NCc3ccccc3)nc3nc(N4CCCC(N)C4)n(Cc4ccccc4)c3c2=O)c(OC)c1. The molecule has 1 aliphatic heterocycles. The molecule has 1 aliphatic rings. The minimum Gasteiger partial charge on any atom is -0.497 e. The van der Waals surface area contributed by atoms with Crippen LogP contribution in [0, 0.1) is 0 Å². The molecule has 6 rings (SSSR count). The van der Waals surface area contributed by atoms with Crippen molar-refractivity contribution in [2.24, 2.45) is 5.73 Å². The van der Waals surface area contributed by atoms with Crippen molar-refractivity contribution in [3.63, 3.8) is 0 Å². The standard InChI is InChI=1S/C33H37N7O3/c1-42-27-16-15-25(28(18-27)43-2)21-40-31(41)29-30(36-32(40)35-19-23-10-5-3-6-11-23)37-33(38-17-9-14-26(34)22-38)39(29)20-24-12-7-4-8-13-24/h3-8,10-13,15-16,18,26H,9,14,17,19-22,34H2,1-2H3,(H,35,36). The fourth-order valence-corrected chi connectivity index (χ4v) is 5.66. The number of imidazole rings is 1. The van der Waals surface area contributed by atoms with Crippen molar-refractivity contribution in [1.82, 2.24) is 19.1 Å². The number of fused-ring (bicyclic) bond motifs is 1. The van der Waals surface area contributed by atoms with Gasteiger partial charge in [0.2, 0.25) is 11.9 Å². The van der Waals surface area contributed by atoms with E-state index in [9.17, 15) is 4.79 Å². The zero-order chi connectivity index (χ0) is 29.8. The maximum Gasteiger partial charge on any atom is 0.281 e. The average molecular weight is 580 g/mol. The number of nitrogens with two attached hydrogens (primary N) is 1. The predicted octanol–water partition coefficient (Wildman–Crippen LogP) is 4.25. The van der Waals surface area contributed by atoms with Gasteiger partial charge in [0.15, 0.2) is 11.2 Å². The van der Waals surface area contributed by atoms with Gasteiger partial charge in [-0.05, 0) is 36.1 Å². The zero-order valence-corrected chi connectivity index (χ0v) is 24.6. The lowest BCUT2D eigenvalue weighted by atomic mass is 10.1. The van der Waals surface area contributed by atoms with Crippen LogP contribution >= 0.6 is 0 Å². The molecule has 1 saturated heterocycles. The lowest BCUT2D eigenvalue weighted by molar-refractivity contribution is 0.390. The highest BCUT2D eigenvalue weighted by Gasteiger charge is 2.26. The Bertz CT molecular complexity index is 1750. The summed E-state index contributed by atoms with van der Waals surface area (Å²) in [5.74, 6) is 2.45. The summed E-state index contributed by atoms with van der Waals surface area (Å²) < 4.78 is 14.7. The van der Waals surface area contributed by atoms with E-state index in [2.05, 4.69) is 22.3 Å². The van der Waals surface area contributed by atoms with Crippen LogP contribution in [0.15, 0.2) is 83.7 Å². The van der Waals surface area contributed by atoms with Gasteiger partial charge in [-0.15, -0.1) is 0 Å². The first kappa shape index (κ1) is 28.3. The average Bonchev–Trinajstić information content (AvgIpc) is 3.40. The number of nitrogens with one attached hydrogen (secondary N) is 1. The minimum atomic E-state index is -0.186. The monoisotopic (exact) mass is 579 g/mol. The van der Waals surface area contributed by atoms with E-state index < -0.39 is 0 Å². The van der Waals surface area contributed by atoms with Crippen LogP contribution in [-0.2, 0) is 19.6 Å². The van der Waals surface area contributed by atoms with E-state index in [4.69, 9.17) is 25.2 Å². The molecule has 0 radical (unpaired) electrons. The predicted molar refractivity (Wildman–Crippen MR) is 169 cm³/mol. The molecule has 10 heteroatoms. The van der Waals surface area contributed by atoms with Crippen LogP contribution in [0.1, 0.15) is 29.5 Å². The van der Waals surface area contributed by atoms with Gasteiger partial charge in [-0.25, -0.2) is 0 Å². The van der Waals surface area contributed by atoms with Crippen LogP contribution in [0.25, 0.3) is 11.2 Å². The molecule has 1 unspecified atom stereocenters. The number of methoxy groups -OCH3 is 2. The lowest BCUT2D eigenvalue weighted by Crippen LogP contribution is -2.44. The third-order valence-corrected chi connectivity index (χ3v) is 7.88. The first-order chi connectivity index (χ1) is 21.0. The first-order valence-electron chi connectivity index (χ1n) is 14.6. The zero-order valence-electron chi connectivity index (χ0n) is 24.6. The van der Waals surface area contributed by atoms with Crippen molar-refractivity contribution in [3.05, 3.63) is 106 Å². The number of hydrogen-bond donors (Lipinski definition) is 2. The van der Waals surface area contributed by atoms with Gasteiger partial charge in [0.25, 0.3) is 5.56 Å². The molecule has 2 aromatic heterocycles. The van der Waals surface area contributed by atoms with Gasteiger partial charge in [0, 0.05) is 37.3 Å². The second kappa shape index (κ2) is 12.6. The van der Waals surface area contributed by atoms with Gasteiger partial charge in [-0.3, -0.25) is 13.9 Å². The maximum absolute atomic E-state index is 14.6. The fraction of sp³-hybridized carbons (Fsp3) is 0.303. The van der Waals surface area contributed by atoms with Crippen LogP contribution < -0.4 is 31.0 Å². The van der Waals surface area contributed by atoms with Crippen LogP contribution in [0.4, 0.5) is 11.9 Å². The second-order valence-corrected chi connectivity index (χ2v) is 10.8. The summed E-state index contributed by atoms with van der Waals surface area (Å²) in [6.07, 6.45) is 1.94. The number of ether oxygens (including phenoxy) is 2. The summed E-state index contributed by atoms with van der Waals surface area (Å²) >= 11 is 0. The largest absolute Gasteiger partial charge is 0.497 e. The number of benzene rings is 3. The van der Waals surface area contributed by atoms with Crippen LogP contribution in [-0.4, -0.2) is 52.5 Å². The van der Waals surface area contributed by atoms with Gasteiger partial charge in [-0.1, -0.05) is 60.7 Å². The van der Waals surface area contributed by atoms with E-state index in [-0.39, 0.29) is 18.1 Å². The molecule has 0 aliphatic carbocycles. The number of anilines is 2. The molecule has 3 heterocycles. The molecule has 0 saturated carbocycles. The number of aromatic nitrogens is 4. The highest BCUT2D eigenvalue weighted by Crippen LogP contribution is 2.28. The summed E-state index contributed by atoms with van der Waals surface area (Å²) in [6, 6.07) is 25.8. The molecular formula is C33H37N7O3. The summed E-state index contributed by atoms with van der Waals surface area (Å²) in [5.41, 5.74) is 10.0. The molecule has 0 spiro atoms. The molecular weight excluding hydrogens is 542 g/mol. The Morgan fingerprint density at radius 1 is 0.907 bits per heavy atom. The van der Waals surface area contributed by atoms with E-state index in [1.165, 1.54) is 0 Å². The Morgan fingerprint density at radius 2 is 1.65 bits per heavy atom. The van der Waals surface area contributed by atoms with Gasteiger partial charge < -0.3 is 25.4 Å². The topological polar surface area (TPSA) is 112 Å². The Morgan fingerprint density at radius 3 is 2.35 bits per heavy atom. The summed E-state index contributed by atoms with van der Waals surface area (Å²) in [6.45, 7) is 2.72. The van der Waals surface area contributed by atoms with Gasteiger partial charge in [-0.2, -0.15) is 9.97 Å². The van der Waals surface area contributed by atoms with E-state index in [1.54, 1.807) is 18.8 Å². The molecule has 1 atom stereocenters. The Balaban J connectivity index is 1.51. The highest BCUT2D eigenvalue weighted by atomic mass is 16.5. The Kier molecular flexibility index (Phi) is 8.28. The third-order valence-electron chi connectivity index (χ3n) is 7.88. The van der Waals surface area contributed by atoms with Crippen LogP contribution in [0.3, 0.4) is 0 Å². The minimum absolute atomic E-state index is 0.0500. The molecule has 222 valence electrons. The van der Waals surface area contributed by atoms with Gasteiger partial charge in [0.1, 0.15) is 11.5 Å². The van der Waals surface area contributed by atoms with Crippen molar-refractivity contribution in [1.29, 1.82) is 0 Å². The molecule has 3 aromatic carbocycles. The van der Waals surface area contributed by atoms with Crippen molar-refractivity contribution >= 4 is 23.1 Å². The molecule has 0 bridgehead atoms. The number of rotatable bonds is 10. The van der Waals surface area contributed by atoms with E-state index in [1.807, 2.05) is 71.3 Å². The maximum atomic E-state index is 14.6. The molecule has 5 aromatic rings. The Hall–Kier alpha value is -4.83. The van der Waals surface area contributed by atoms with E-state index >= 15 is 0 Å². The van der Waals surface area contributed by atoms with Crippen molar-refractivity contribution in [2.75, 3.05) is 37.5 Å². The second-order valence-electron chi connectivity index (χ2n) is 10.8. The number of nitrogens with zero attached hydrogens (tertiary/aromatic N) is 5. The van der Waals surface area contributed by atoms with Crippen LogP contribution in [0.5, 0.6) is 11.5 Å². The summed E-state index contributed by atoms with van der Waals surface area (Å²) in [4.78, 5) is 26.7. The first-order valence-corrected chi connectivity index (χ1v) is 14.6. The van der Waals surface area contributed by atoms with Crippen LogP contribution in [0.2, 0.25) is 0 Å². The molecule has 1 fully saturated rings.